The minimum atomic E-state index is -1.12. The highest BCUT2D eigenvalue weighted by Gasteiger charge is 2.42. The van der Waals surface area contributed by atoms with Crippen LogP contribution in [-0.4, -0.2) is 46.4 Å². The topological polar surface area (TPSA) is 86.7 Å². The Kier molecular flexibility index (Phi) is 5.20. The monoisotopic (exact) mass is 296 g/mol. The zero-order valence-corrected chi connectivity index (χ0v) is 12.4. The molecule has 1 saturated heterocycles. The normalized spacial score (nSPS) is 22.5. The van der Waals surface area contributed by atoms with Gasteiger partial charge in [0.15, 0.2) is 0 Å². The highest BCUT2D eigenvalue weighted by atomic mass is 16.4. The van der Waals surface area contributed by atoms with Crippen molar-refractivity contribution >= 4 is 17.8 Å². The molecule has 6 heteroatoms. The molecule has 21 heavy (non-hydrogen) atoms. The number of likely N-dealkylation sites (tertiary alicyclic amines) is 1. The Morgan fingerprint density at radius 1 is 1.10 bits per heavy atom. The second-order valence-corrected chi connectivity index (χ2v) is 6.12. The third-order valence-corrected chi connectivity index (χ3v) is 4.50. The fourth-order valence-electron chi connectivity index (χ4n) is 3.23. The molecule has 0 radical (unpaired) electrons. The van der Waals surface area contributed by atoms with Crippen LogP contribution in [-0.2, 0) is 14.4 Å². The average Bonchev–Trinajstić information content (AvgIpc) is 2.88. The third-order valence-electron chi connectivity index (χ3n) is 4.50. The van der Waals surface area contributed by atoms with Gasteiger partial charge in [0.05, 0.1) is 6.54 Å². The highest BCUT2D eigenvalue weighted by molar-refractivity contribution is 5.90. The molecule has 2 fully saturated rings. The zero-order valence-electron chi connectivity index (χ0n) is 12.4. The largest absolute Gasteiger partial charge is 0.480 e. The van der Waals surface area contributed by atoms with Crippen molar-refractivity contribution in [3.63, 3.8) is 0 Å². The molecule has 1 saturated carbocycles. The summed E-state index contributed by atoms with van der Waals surface area (Å²) in [7, 11) is 0. The fraction of sp³-hybridized carbons (Fsp3) is 0.800. The summed E-state index contributed by atoms with van der Waals surface area (Å²) in [5, 5.41) is 12.0. The Labute approximate surface area is 124 Å². The van der Waals surface area contributed by atoms with Gasteiger partial charge in [-0.1, -0.05) is 25.7 Å². The zero-order chi connectivity index (χ0) is 15.3. The van der Waals surface area contributed by atoms with E-state index in [2.05, 4.69) is 5.32 Å². The molecule has 118 valence electrons. The number of carbonyl (C=O) groups is 3. The van der Waals surface area contributed by atoms with Crippen LogP contribution in [0.5, 0.6) is 0 Å². The predicted molar refractivity (Wildman–Crippen MR) is 76.6 cm³/mol. The highest BCUT2D eigenvalue weighted by Crippen LogP contribution is 2.29. The molecular formula is C15H24N2O4. The maximum Gasteiger partial charge on any atom is 0.329 e. The van der Waals surface area contributed by atoms with Gasteiger partial charge in [0.2, 0.25) is 11.8 Å². The van der Waals surface area contributed by atoms with Crippen molar-refractivity contribution in [3.8, 4) is 0 Å². The molecule has 1 heterocycles. The average molecular weight is 296 g/mol. The van der Waals surface area contributed by atoms with Crippen molar-refractivity contribution in [2.24, 2.45) is 0 Å². The lowest BCUT2D eigenvalue weighted by molar-refractivity contribution is -0.148. The maximum absolute atomic E-state index is 12.2. The fourth-order valence-corrected chi connectivity index (χ4v) is 3.23. The SMILES string of the molecule is O=C(CN1CCCCCCC1=O)NC1(C(=O)O)CCCC1. The van der Waals surface area contributed by atoms with Crippen LogP contribution in [0.4, 0.5) is 0 Å². The van der Waals surface area contributed by atoms with Crippen LogP contribution in [0.2, 0.25) is 0 Å². The molecule has 0 spiro atoms. The van der Waals surface area contributed by atoms with E-state index in [1.807, 2.05) is 0 Å². The van der Waals surface area contributed by atoms with E-state index >= 15 is 0 Å². The summed E-state index contributed by atoms with van der Waals surface area (Å²) in [4.78, 5) is 37.1. The van der Waals surface area contributed by atoms with E-state index in [0.717, 1.165) is 38.5 Å². The lowest BCUT2D eigenvalue weighted by Crippen LogP contribution is -2.55. The Hall–Kier alpha value is -1.59. The van der Waals surface area contributed by atoms with Crippen molar-refractivity contribution in [1.82, 2.24) is 10.2 Å². The van der Waals surface area contributed by atoms with Gasteiger partial charge < -0.3 is 15.3 Å². The van der Waals surface area contributed by atoms with Crippen molar-refractivity contribution in [2.45, 2.75) is 63.3 Å². The number of hydrogen-bond donors (Lipinski definition) is 2. The Morgan fingerprint density at radius 2 is 1.76 bits per heavy atom. The maximum atomic E-state index is 12.2. The number of carboxylic acid groups (broad SMARTS) is 1. The summed E-state index contributed by atoms with van der Waals surface area (Å²) in [6, 6.07) is 0. The number of carbonyl (C=O) groups excluding carboxylic acids is 2. The molecule has 0 aromatic heterocycles. The van der Waals surface area contributed by atoms with E-state index in [9.17, 15) is 19.5 Å². The molecule has 1 aliphatic carbocycles. The van der Waals surface area contributed by atoms with Gasteiger partial charge in [-0.15, -0.1) is 0 Å². The quantitative estimate of drug-likeness (QED) is 0.818. The van der Waals surface area contributed by atoms with Crippen LogP contribution >= 0.6 is 0 Å². The molecule has 0 atom stereocenters. The second-order valence-electron chi connectivity index (χ2n) is 6.12. The van der Waals surface area contributed by atoms with Crippen molar-refractivity contribution in [2.75, 3.05) is 13.1 Å². The first-order chi connectivity index (χ1) is 10.0. The molecule has 2 rings (SSSR count). The number of aliphatic carboxylic acids is 1. The molecule has 6 nitrogen and oxygen atoms in total. The number of nitrogens with one attached hydrogen (secondary N) is 1. The van der Waals surface area contributed by atoms with Crippen LogP contribution in [0.3, 0.4) is 0 Å². The predicted octanol–water partition coefficient (Wildman–Crippen LogP) is 1.29. The van der Waals surface area contributed by atoms with Crippen LogP contribution in [0.15, 0.2) is 0 Å². The van der Waals surface area contributed by atoms with E-state index in [0.29, 0.717) is 25.8 Å². The lowest BCUT2D eigenvalue weighted by atomic mass is 9.98. The molecule has 2 amide bonds. The lowest BCUT2D eigenvalue weighted by Gasteiger charge is -2.29. The van der Waals surface area contributed by atoms with E-state index in [-0.39, 0.29) is 18.4 Å². The van der Waals surface area contributed by atoms with Gasteiger partial charge >= 0.3 is 5.97 Å². The molecular weight excluding hydrogens is 272 g/mol. The first-order valence-electron chi connectivity index (χ1n) is 7.86. The Balaban J connectivity index is 1.93. The standard InChI is InChI=1S/C15H24N2O4/c18-12(16-15(14(20)21)8-4-5-9-15)11-17-10-6-2-1-3-7-13(17)19/h1-11H2,(H,16,18)(H,20,21). The van der Waals surface area contributed by atoms with Crippen LogP contribution in [0.25, 0.3) is 0 Å². The number of hydrogen-bond acceptors (Lipinski definition) is 3. The van der Waals surface area contributed by atoms with Crippen molar-refractivity contribution in [1.29, 1.82) is 0 Å². The second kappa shape index (κ2) is 6.91. The molecule has 2 aliphatic rings. The summed E-state index contributed by atoms with van der Waals surface area (Å²) >= 11 is 0. The smallest absolute Gasteiger partial charge is 0.329 e. The van der Waals surface area contributed by atoms with Crippen LogP contribution < -0.4 is 5.32 Å². The van der Waals surface area contributed by atoms with Gasteiger partial charge in [0, 0.05) is 13.0 Å². The first kappa shape index (κ1) is 15.8. The number of rotatable bonds is 4. The van der Waals surface area contributed by atoms with E-state index in [4.69, 9.17) is 0 Å². The van der Waals surface area contributed by atoms with Crippen LogP contribution in [0, 0.1) is 0 Å². The summed E-state index contributed by atoms with van der Waals surface area (Å²) in [5.74, 6) is -1.32. The van der Waals surface area contributed by atoms with Crippen molar-refractivity contribution in [3.05, 3.63) is 0 Å². The summed E-state index contributed by atoms with van der Waals surface area (Å²) in [5.41, 5.74) is -1.12. The van der Waals surface area contributed by atoms with Gasteiger partial charge in [-0.3, -0.25) is 9.59 Å². The minimum Gasteiger partial charge on any atom is -0.480 e. The number of carboxylic acids is 1. The first-order valence-corrected chi connectivity index (χ1v) is 7.86. The summed E-state index contributed by atoms with van der Waals surface area (Å²) in [6.45, 7) is 0.570. The summed E-state index contributed by atoms with van der Waals surface area (Å²) in [6.07, 6.45) is 6.98. The van der Waals surface area contributed by atoms with Gasteiger partial charge in [0.1, 0.15) is 5.54 Å². The molecule has 2 N–H and O–H groups in total. The van der Waals surface area contributed by atoms with E-state index in [1.165, 1.54) is 0 Å². The van der Waals surface area contributed by atoms with Gasteiger partial charge in [-0.05, 0) is 25.7 Å². The molecule has 0 unspecified atom stereocenters. The van der Waals surface area contributed by atoms with Crippen LogP contribution in [0.1, 0.15) is 57.8 Å². The minimum absolute atomic E-state index is 0.000599. The van der Waals surface area contributed by atoms with Crippen molar-refractivity contribution < 1.29 is 19.5 Å². The third kappa shape index (κ3) is 3.95. The number of nitrogens with zero attached hydrogens (tertiary/aromatic N) is 1. The molecule has 0 aromatic carbocycles. The molecule has 1 aliphatic heterocycles. The Morgan fingerprint density at radius 3 is 2.43 bits per heavy atom. The number of amides is 2. The van der Waals surface area contributed by atoms with Gasteiger partial charge in [-0.2, -0.15) is 0 Å². The molecule has 0 aromatic rings. The molecule has 0 bridgehead atoms. The Bertz CT molecular complexity index is 416. The van der Waals surface area contributed by atoms with E-state index < -0.39 is 11.5 Å². The summed E-state index contributed by atoms with van der Waals surface area (Å²) < 4.78 is 0. The van der Waals surface area contributed by atoms with E-state index in [1.54, 1.807) is 4.90 Å². The van der Waals surface area contributed by atoms with Gasteiger partial charge in [-0.25, -0.2) is 4.79 Å². The van der Waals surface area contributed by atoms with Gasteiger partial charge in [0.25, 0.3) is 0 Å².